The summed E-state index contributed by atoms with van der Waals surface area (Å²) in [4.78, 5) is 8.86. The Hall–Kier alpha value is -1.16. The van der Waals surface area contributed by atoms with Crippen LogP contribution in [0.4, 0.5) is 5.82 Å². The number of nitrogens with one attached hydrogen (secondary N) is 1. The van der Waals surface area contributed by atoms with Gasteiger partial charge in [0.25, 0.3) is 0 Å². The van der Waals surface area contributed by atoms with Crippen LogP contribution < -0.4 is 11.1 Å². The van der Waals surface area contributed by atoms with Gasteiger partial charge in [-0.3, -0.25) is 0 Å². The summed E-state index contributed by atoms with van der Waals surface area (Å²) < 4.78 is 0. The molecule has 1 heterocycles. The maximum Gasteiger partial charge on any atom is 0.133 e. The minimum Gasteiger partial charge on any atom is -0.367 e. The molecular weight excluding hydrogens is 224 g/mol. The molecule has 0 saturated heterocycles. The average Bonchev–Trinajstić information content (AvgIpc) is 2.63. The van der Waals surface area contributed by atoms with E-state index in [-0.39, 0.29) is 0 Å². The molecule has 2 atom stereocenters. The zero-order chi connectivity index (χ0) is 13.0. The number of rotatable bonds is 4. The van der Waals surface area contributed by atoms with Gasteiger partial charge in [-0.25, -0.2) is 9.97 Å². The lowest BCUT2D eigenvalue weighted by Crippen LogP contribution is -2.30. The molecule has 1 aromatic rings. The molecule has 1 aliphatic carbocycles. The van der Waals surface area contributed by atoms with Crippen LogP contribution in [-0.4, -0.2) is 22.6 Å². The van der Waals surface area contributed by atoms with E-state index in [0.29, 0.717) is 18.5 Å². The van der Waals surface area contributed by atoms with Crippen LogP contribution in [0.15, 0.2) is 6.33 Å². The van der Waals surface area contributed by atoms with Gasteiger partial charge in [-0.2, -0.15) is 0 Å². The molecule has 2 rings (SSSR count). The van der Waals surface area contributed by atoms with Crippen LogP contribution in [-0.2, 0) is 12.8 Å². The minimum absolute atomic E-state index is 0.345. The summed E-state index contributed by atoms with van der Waals surface area (Å²) in [5.74, 6) is 1.47. The number of hydrogen-bond donors (Lipinski definition) is 2. The van der Waals surface area contributed by atoms with Crippen molar-refractivity contribution in [1.82, 2.24) is 9.97 Å². The molecule has 0 fully saturated rings. The van der Waals surface area contributed by atoms with Crippen LogP contribution in [0.3, 0.4) is 0 Å². The summed E-state index contributed by atoms with van der Waals surface area (Å²) in [7, 11) is 0. The molecule has 2 unspecified atom stereocenters. The molecule has 0 aromatic carbocycles. The minimum atomic E-state index is 0.345. The van der Waals surface area contributed by atoms with Crippen molar-refractivity contribution in [3.8, 4) is 0 Å². The fourth-order valence-corrected chi connectivity index (χ4v) is 2.38. The van der Waals surface area contributed by atoms with Crippen LogP contribution in [0.5, 0.6) is 0 Å². The Bertz CT molecular complexity index is 391. The normalized spacial score (nSPS) is 18.6. The Kier molecular flexibility index (Phi) is 4.53. The predicted molar refractivity (Wildman–Crippen MR) is 74.6 cm³/mol. The highest BCUT2D eigenvalue weighted by atomic mass is 15.0. The largest absolute Gasteiger partial charge is 0.367 e. The summed E-state index contributed by atoms with van der Waals surface area (Å²) >= 11 is 0. The standard InChI is InChI=1S/C14H24N4/c1-10(8-15)11(2)18-14-12-6-4-3-5-7-13(12)16-9-17-14/h9-11H,3-8,15H2,1-2H3,(H,16,17,18). The van der Waals surface area contributed by atoms with Crippen molar-refractivity contribution in [2.75, 3.05) is 11.9 Å². The molecular formula is C14H24N4. The highest BCUT2D eigenvalue weighted by Gasteiger charge is 2.17. The zero-order valence-corrected chi connectivity index (χ0v) is 11.4. The summed E-state index contributed by atoms with van der Waals surface area (Å²) in [5, 5.41) is 3.52. The van der Waals surface area contributed by atoms with E-state index >= 15 is 0 Å². The first-order valence-electron chi connectivity index (χ1n) is 7.01. The Morgan fingerprint density at radius 3 is 2.78 bits per heavy atom. The van der Waals surface area contributed by atoms with Crippen LogP contribution in [0.25, 0.3) is 0 Å². The molecule has 0 radical (unpaired) electrons. The first-order chi connectivity index (χ1) is 8.72. The van der Waals surface area contributed by atoms with Gasteiger partial charge in [-0.05, 0) is 45.1 Å². The first-order valence-corrected chi connectivity index (χ1v) is 7.01. The maximum atomic E-state index is 5.72. The molecule has 0 spiro atoms. The smallest absolute Gasteiger partial charge is 0.133 e. The fraction of sp³-hybridized carbons (Fsp3) is 0.714. The molecule has 4 heteroatoms. The lowest BCUT2D eigenvalue weighted by Gasteiger charge is -2.22. The van der Waals surface area contributed by atoms with E-state index in [0.717, 1.165) is 18.7 Å². The van der Waals surface area contributed by atoms with E-state index in [2.05, 4.69) is 29.1 Å². The van der Waals surface area contributed by atoms with Gasteiger partial charge < -0.3 is 11.1 Å². The van der Waals surface area contributed by atoms with Crippen molar-refractivity contribution in [2.24, 2.45) is 11.7 Å². The summed E-state index contributed by atoms with van der Waals surface area (Å²) in [6.45, 7) is 5.03. The summed E-state index contributed by atoms with van der Waals surface area (Å²) in [5.41, 5.74) is 8.28. The number of hydrogen-bond acceptors (Lipinski definition) is 4. The Balaban J connectivity index is 2.18. The number of nitrogens with two attached hydrogens (primary N) is 1. The fourth-order valence-electron chi connectivity index (χ4n) is 2.38. The molecule has 3 N–H and O–H groups in total. The Labute approximate surface area is 109 Å². The highest BCUT2D eigenvalue weighted by Crippen LogP contribution is 2.24. The van der Waals surface area contributed by atoms with Gasteiger partial charge in [0.2, 0.25) is 0 Å². The number of aromatic nitrogens is 2. The lowest BCUT2D eigenvalue weighted by molar-refractivity contribution is 0.519. The lowest BCUT2D eigenvalue weighted by atomic mass is 10.0. The van der Waals surface area contributed by atoms with Crippen LogP contribution in [0, 0.1) is 5.92 Å². The second-order valence-corrected chi connectivity index (χ2v) is 5.35. The second kappa shape index (κ2) is 6.14. The van der Waals surface area contributed by atoms with E-state index in [1.807, 2.05) is 0 Å². The predicted octanol–water partition coefficient (Wildman–Crippen LogP) is 2.14. The molecule has 0 amide bonds. The van der Waals surface area contributed by atoms with E-state index < -0.39 is 0 Å². The third-order valence-electron chi connectivity index (χ3n) is 3.96. The number of aryl methyl sites for hydroxylation is 1. The Morgan fingerprint density at radius 1 is 1.22 bits per heavy atom. The van der Waals surface area contributed by atoms with Gasteiger partial charge in [0.15, 0.2) is 0 Å². The SMILES string of the molecule is CC(CN)C(C)Nc1ncnc2c1CCCCC2. The van der Waals surface area contributed by atoms with Crippen LogP contribution in [0.1, 0.15) is 44.4 Å². The van der Waals surface area contributed by atoms with E-state index in [1.165, 1.54) is 30.5 Å². The van der Waals surface area contributed by atoms with Gasteiger partial charge in [-0.15, -0.1) is 0 Å². The average molecular weight is 248 g/mol. The van der Waals surface area contributed by atoms with Gasteiger partial charge >= 0.3 is 0 Å². The molecule has 100 valence electrons. The van der Waals surface area contributed by atoms with Gasteiger partial charge in [0.05, 0.1) is 0 Å². The first kappa shape index (κ1) is 13.3. The van der Waals surface area contributed by atoms with Crippen LogP contribution >= 0.6 is 0 Å². The second-order valence-electron chi connectivity index (χ2n) is 5.35. The van der Waals surface area contributed by atoms with Crippen LogP contribution in [0.2, 0.25) is 0 Å². The maximum absolute atomic E-state index is 5.72. The third-order valence-corrected chi connectivity index (χ3v) is 3.96. The van der Waals surface area contributed by atoms with E-state index in [1.54, 1.807) is 6.33 Å². The van der Waals surface area contributed by atoms with Crippen molar-refractivity contribution in [1.29, 1.82) is 0 Å². The van der Waals surface area contributed by atoms with E-state index in [9.17, 15) is 0 Å². The van der Waals surface area contributed by atoms with Crippen molar-refractivity contribution >= 4 is 5.82 Å². The van der Waals surface area contributed by atoms with Crippen molar-refractivity contribution < 1.29 is 0 Å². The van der Waals surface area contributed by atoms with Gasteiger partial charge in [0.1, 0.15) is 12.1 Å². The monoisotopic (exact) mass is 248 g/mol. The number of nitrogens with zero attached hydrogens (tertiary/aromatic N) is 2. The highest BCUT2D eigenvalue weighted by molar-refractivity contribution is 5.47. The summed E-state index contributed by atoms with van der Waals surface area (Å²) in [6.07, 6.45) is 7.67. The quantitative estimate of drug-likeness (QED) is 0.801. The molecule has 0 aliphatic heterocycles. The van der Waals surface area contributed by atoms with Crippen molar-refractivity contribution in [3.63, 3.8) is 0 Å². The van der Waals surface area contributed by atoms with E-state index in [4.69, 9.17) is 5.73 Å². The molecule has 0 saturated carbocycles. The van der Waals surface area contributed by atoms with Crippen molar-refractivity contribution in [3.05, 3.63) is 17.6 Å². The Morgan fingerprint density at radius 2 is 2.00 bits per heavy atom. The molecule has 0 bridgehead atoms. The molecule has 1 aliphatic rings. The third kappa shape index (κ3) is 2.99. The molecule has 18 heavy (non-hydrogen) atoms. The number of anilines is 1. The zero-order valence-electron chi connectivity index (χ0n) is 11.4. The molecule has 1 aromatic heterocycles. The van der Waals surface area contributed by atoms with Gasteiger partial charge in [-0.1, -0.05) is 13.3 Å². The number of fused-ring (bicyclic) bond motifs is 1. The van der Waals surface area contributed by atoms with Gasteiger partial charge in [0, 0.05) is 17.3 Å². The van der Waals surface area contributed by atoms with Crippen molar-refractivity contribution in [2.45, 2.75) is 52.0 Å². The molecule has 4 nitrogen and oxygen atoms in total. The topological polar surface area (TPSA) is 63.8 Å². The summed E-state index contributed by atoms with van der Waals surface area (Å²) in [6, 6.07) is 0.345.